The van der Waals surface area contributed by atoms with Gasteiger partial charge in [-0.1, -0.05) is 12.1 Å². The van der Waals surface area contributed by atoms with Gasteiger partial charge in [0, 0.05) is 11.4 Å². The zero-order chi connectivity index (χ0) is 14.0. The summed E-state index contributed by atoms with van der Waals surface area (Å²) in [4.78, 5) is 7.77. The summed E-state index contributed by atoms with van der Waals surface area (Å²) in [7, 11) is -3.90. The van der Waals surface area contributed by atoms with Gasteiger partial charge in [-0.05, 0) is 32.0 Å². The van der Waals surface area contributed by atoms with Crippen molar-refractivity contribution >= 4 is 16.0 Å². The third-order valence-electron chi connectivity index (χ3n) is 2.36. The number of rotatable bonds is 3. The molecule has 2 N–H and O–H groups in total. The molecule has 19 heavy (non-hydrogen) atoms. The maximum atomic E-state index is 12.1. The number of sulfonamides is 1. The van der Waals surface area contributed by atoms with E-state index in [4.69, 9.17) is 0 Å². The molecule has 0 unspecified atom stereocenters. The molecule has 0 aliphatic rings. The predicted molar refractivity (Wildman–Crippen MR) is 70.4 cm³/mol. The van der Waals surface area contributed by atoms with Gasteiger partial charge in [0.2, 0.25) is 5.95 Å². The SMILES string of the molecule is Cc1cc(C)nc(NS(=O)(=O)c2ccccc2O)n1. The first kappa shape index (κ1) is 13.3. The van der Waals surface area contributed by atoms with E-state index in [2.05, 4.69) is 14.7 Å². The molecule has 2 rings (SSSR count). The third kappa shape index (κ3) is 3.00. The van der Waals surface area contributed by atoms with E-state index in [0.29, 0.717) is 11.4 Å². The summed E-state index contributed by atoms with van der Waals surface area (Å²) in [6.45, 7) is 3.49. The minimum Gasteiger partial charge on any atom is -0.507 e. The number of nitrogens with zero attached hydrogens (tertiary/aromatic N) is 2. The number of aromatic nitrogens is 2. The molecule has 0 aliphatic heterocycles. The van der Waals surface area contributed by atoms with Crippen molar-refractivity contribution in [2.24, 2.45) is 0 Å². The Kier molecular flexibility index (Phi) is 3.39. The van der Waals surface area contributed by atoms with Crippen LogP contribution in [0.1, 0.15) is 11.4 Å². The molecule has 0 amide bonds. The first-order valence-corrected chi connectivity index (χ1v) is 7.00. The topological polar surface area (TPSA) is 92.2 Å². The molecule has 1 heterocycles. The van der Waals surface area contributed by atoms with Gasteiger partial charge in [0.25, 0.3) is 10.0 Å². The normalized spacial score (nSPS) is 11.3. The van der Waals surface area contributed by atoms with E-state index in [9.17, 15) is 13.5 Å². The lowest BCUT2D eigenvalue weighted by Gasteiger charge is -2.08. The monoisotopic (exact) mass is 279 g/mol. The van der Waals surface area contributed by atoms with Crippen LogP contribution in [0.2, 0.25) is 0 Å². The molecule has 100 valence electrons. The number of benzene rings is 1. The molecule has 0 saturated carbocycles. The van der Waals surface area contributed by atoms with Gasteiger partial charge in [0.15, 0.2) is 0 Å². The van der Waals surface area contributed by atoms with Gasteiger partial charge in [-0.25, -0.2) is 23.1 Å². The maximum Gasteiger partial charge on any atom is 0.267 e. The maximum absolute atomic E-state index is 12.1. The summed E-state index contributed by atoms with van der Waals surface area (Å²) in [5.41, 5.74) is 1.31. The summed E-state index contributed by atoms with van der Waals surface area (Å²) in [6.07, 6.45) is 0. The highest BCUT2D eigenvalue weighted by Crippen LogP contribution is 2.23. The van der Waals surface area contributed by atoms with Crippen molar-refractivity contribution in [2.45, 2.75) is 18.7 Å². The molecular weight excluding hydrogens is 266 g/mol. The molecule has 2 aromatic rings. The van der Waals surface area contributed by atoms with E-state index < -0.39 is 10.0 Å². The highest BCUT2D eigenvalue weighted by atomic mass is 32.2. The summed E-state index contributed by atoms with van der Waals surface area (Å²) in [6, 6.07) is 7.41. The van der Waals surface area contributed by atoms with E-state index in [0.717, 1.165) is 0 Å². The van der Waals surface area contributed by atoms with Crippen LogP contribution < -0.4 is 4.72 Å². The fraction of sp³-hybridized carbons (Fsp3) is 0.167. The van der Waals surface area contributed by atoms with Crippen molar-refractivity contribution in [1.82, 2.24) is 9.97 Å². The Hall–Kier alpha value is -2.15. The number of hydrogen-bond donors (Lipinski definition) is 2. The molecule has 0 aliphatic carbocycles. The second-order valence-corrected chi connectivity index (χ2v) is 5.70. The Morgan fingerprint density at radius 3 is 2.26 bits per heavy atom. The van der Waals surface area contributed by atoms with Crippen LogP contribution in [0.5, 0.6) is 5.75 Å². The largest absolute Gasteiger partial charge is 0.507 e. The standard InChI is InChI=1S/C12H13N3O3S/c1-8-7-9(2)14-12(13-8)15-19(17,18)11-6-4-3-5-10(11)16/h3-7,16H,1-2H3,(H,13,14,15). The Bertz CT molecular complexity index is 694. The van der Waals surface area contributed by atoms with E-state index in [1.165, 1.54) is 18.2 Å². The molecule has 1 aromatic carbocycles. The zero-order valence-electron chi connectivity index (χ0n) is 10.5. The van der Waals surface area contributed by atoms with Crippen LogP contribution >= 0.6 is 0 Å². The average molecular weight is 279 g/mol. The molecule has 0 fully saturated rings. The third-order valence-corrected chi connectivity index (χ3v) is 3.74. The molecule has 7 heteroatoms. The number of hydrogen-bond acceptors (Lipinski definition) is 5. The number of aryl methyl sites for hydroxylation is 2. The number of aromatic hydroxyl groups is 1. The fourth-order valence-corrected chi connectivity index (χ4v) is 2.67. The lowest BCUT2D eigenvalue weighted by molar-refractivity contribution is 0.459. The van der Waals surface area contributed by atoms with Crippen LogP contribution in [0, 0.1) is 13.8 Å². The number of para-hydroxylation sites is 1. The van der Waals surface area contributed by atoms with E-state index in [1.807, 2.05) is 0 Å². The van der Waals surface area contributed by atoms with Crippen molar-refractivity contribution in [1.29, 1.82) is 0 Å². The van der Waals surface area contributed by atoms with Crippen LogP contribution in [-0.4, -0.2) is 23.5 Å². The highest BCUT2D eigenvalue weighted by Gasteiger charge is 2.19. The van der Waals surface area contributed by atoms with E-state index in [1.54, 1.807) is 26.0 Å². The predicted octanol–water partition coefficient (Wildman–Crippen LogP) is 1.60. The number of nitrogens with one attached hydrogen (secondary N) is 1. The van der Waals surface area contributed by atoms with E-state index >= 15 is 0 Å². The first-order chi connectivity index (χ1) is 8.88. The minimum absolute atomic E-state index is 0.0132. The summed E-state index contributed by atoms with van der Waals surface area (Å²) in [5.74, 6) is -0.333. The minimum atomic E-state index is -3.90. The van der Waals surface area contributed by atoms with Gasteiger partial charge < -0.3 is 5.11 Å². The van der Waals surface area contributed by atoms with Crippen LogP contribution in [0.25, 0.3) is 0 Å². The first-order valence-electron chi connectivity index (χ1n) is 5.51. The van der Waals surface area contributed by atoms with Gasteiger partial charge >= 0.3 is 0 Å². The smallest absolute Gasteiger partial charge is 0.267 e. The van der Waals surface area contributed by atoms with Crippen molar-refractivity contribution in [3.63, 3.8) is 0 Å². The van der Waals surface area contributed by atoms with Crippen molar-refractivity contribution < 1.29 is 13.5 Å². The summed E-state index contributed by atoms with van der Waals surface area (Å²) >= 11 is 0. The van der Waals surface area contributed by atoms with Crippen molar-refractivity contribution in [3.05, 3.63) is 41.7 Å². The van der Waals surface area contributed by atoms with Crippen molar-refractivity contribution in [3.8, 4) is 5.75 Å². The average Bonchev–Trinajstić information content (AvgIpc) is 2.26. The van der Waals surface area contributed by atoms with Crippen molar-refractivity contribution in [2.75, 3.05) is 4.72 Å². The molecule has 1 aromatic heterocycles. The second-order valence-electron chi connectivity index (χ2n) is 4.05. The Morgan fingerprint density at radius 2 is 1.68 bits per heavy atom. The van der Waals surface area contributed by atoms with Gasteiger partial charge in [-0.3, -0.25) is 0 Å². The molecule has 0 radical (unpaired) electrons. The van der Waals surface area contributed by atoms with Gasteiger partial charge in [0.1, 0.15) is 10.6 Å². The van der Waals surface area contributed by atoms with Crippen LogP contribution in [0.3, 0.4) is 0 Å². The van der Waals surface area contributed by atoms with Crippen LogP contribution in [0.4, 0.5) is 5.95 Å². The summed E-state index contributed by atoms with van der Waals surface area (Å²) in [5, 5.41) is 9.57. The van der Waals surface area contributed by atoms with Gasteiger partial charge in [-0.15, -0.1) is 0 Å². The quantitative estimate of drug-likeness (QED) is 0.890. The molecule has 0 saturated heterocycles. The Labute approximate surface area is 111 Å². The molecule has 0 bridgehead atoms. The van der Waals surface area contributed by atoms with Crippen LogP contribution in [0.15, 0.2) is 35.2 Å². The second kappa shape index (κ2) is 4.85. The fourth-order valence-electron chi connectivity index (χ4n) is 1.63. The van der Waals surface area contributed by atoms with Gasteiger partial charge in [-0.2, -0.15) is 0 Å². The Morgan fingerprint density at radius 1 is 1.11 bits per heavy atom. The van der Waals surface area contributed by atoms with E-state index in [-0.39, 0.29) is 16.6 Å². The summed E-state index contributed by atoms with van der Waals surface area (Å²) < 4.78 is 26.4. The number of anilines is 1. The lowest BCUT2D eigenvalue weighted by Crippen LogP contribution is -2.15. The highest BCUT2D eigenvalue weighted by molar-refractivity contribution is 7.92. The molecule has 0 spiro atoms. The Balaban J connectivity index is 2.39. The number of phenols is 1. The zero-order valence-corrected chi connectivity index (χ0v) is 11.3. The molecule has 6 nitrogen and oxygen atoms in total. The van der Waals surface area contributed by atoms with Crippen LogP contribution in [-0.2, 0) is 10.0 Å². The van der Waals surface area contributed by atoms with Gasteiger partial charge in [0.05, 0.1) is 0 Å². The molecular formula is C12H13N3O3S. The molecule has 0 atom stereocenters. The lowest BCUT2D eigenvalue weighted by atomic mass is 10.3. The number of phenolic OH excluding ortho intramolecular Hbond substituents is 1.